The Balaban J connectivity index is 3.65. The van der Waals surface area contributed by atoms with Crippen LogP contribution in [0, 0.1) is 10.8 Å². The number of carbonyl (C=O) groups excluding carboxylic acids is 1. The van der Waals surface area contributed by atoms with E-state index in [-0.39, 0.29) is 11.3 Å². The van der Waals surface area contributed by atoms with Crippen LogP contribution in [0.5, 0.6) is 0 Å². The van der Waals surface area contributed by atoms with E-state index >= 15 is 0 Å². The highest BCUT2D eigenvalue weighted by molar-refractivity contribution is 5.86. The number of hydrogen-bond donors (Lipinski definition) is 1. The lowest BCUT2D eigenvalue weighted by Crippen LogP contribution is -2.25. The Morgan fingerprint density at radius 3 is 2.24 bits per heavy atom. The van der Waals surface area contributed by atoms with E-state index in [1.165, 1.54) is 6.42 Å². The van der Waals surface area contributed by atoms with Gasteiger partial charge in [-0.3, -0.25) is 4.79 Å². The summed E-state index contributed by atoms with van der Waals surface area (Å²) in [5, 5.41) is 6.96. The summed E-state index contributed by atoms with van der Waals surface area (Å²) in [6.07, 6.45) is 3.73. The van der Waals surface area contributed by atoms with Crippen LogP contribution < -0.4 is 5.32 Å². The van der Waals surface area contributed by atoms with Gasteiger partial charge in [0.2, 0.25) is 5.91 Å². The average molecular weight is 298 g/mol. The van der Waals surface area contributed by atoms with Crippen molar-refractivity contribution in [3.05, 3.63) is 0 Å². The van der Waals surface area contributed by atoms with E-state index < -0.39 is 0 Å². The molecule has 0 spiro atoms. The predicted molar refractivity (Wildman–Crippen MR) is 89.4 cm³/mol. The molecule has 0 radical (unpaired) electrons. The Hall–Kier alpha value is -1.06. The van der Waals surface area contributed by atoms with Crippen LogP contribution in [0.3, 0.4) is 0 Å². The molecule has 124 valence electrons. The van der Waals surface area contributed by atoms with Gasteiger partial charge < -0.3 is 10.2 Å². The van der Waals surface area contributed by atoms with Gasteiger partial charge in [-0.05, 0) is 25.2 Å². The molecule has 1 amide bonds. The standard InChI is InChI=1S/C17H34N2O2/c1-14(17(5,6)7)19-21-13-10-15(20)18-12-9-8-11-16(2,3)4/h8-13H2,1-7H3,(H,18,20)/b19-14+. The molecule has 0 atom stereocenters. The number of oxime groups is 1. The van der Waals surface area contributed by atoms with Gasteiger partial charge in [-0.15, -0.1) is 0 Å². The first-order valence-electron chi connectivity index (χ1n) is 7.96. The van der Waals surface area contributed by atoms with Crippen LogP contribution in [0.25, 0.3) is 0 Å². The lowest BCUT2D eigenvalue weighted by atomic mass is 9.90. The molecule has 0 aromatic heterocycles. The van der Waals surface area contributed by atoms with Crippen LogP contribution in [-0.2, 0) is 9.63 Å². The minimum absolute atomic E-state index is 0.00924. The summed E-state index contributed by atoms with van der Waals surface area (Å²) in [5.41, 5.74) is 1.32. The smallest absolute Gasteiger partial charge is 0.223 e. The molecule has 0 unspecified atom stereocenters. The van der Waals surface area contributed by atoms with Gasteiger partial charge in [-0.25, -0.2) is 0 Å². The summed E-state index contributed by atoms with van der Waals surface area (Å²) in [5.74, 6) is 0.0365. The fourth-order valence-corrected chi connectivity index (χ4v) is 1.51. The lowest BCUT2D eigenvalue weighted by Gasteiger charge is -2.17. The molecule has 4 heteroatoms. The zero-order valence-electron chi connectivity index (χ0n) is 15.0. The second kappa shape index (κ2) is 9.06. The summed E-state index contributed by atoms with van der Waals surface area (Å²) < 4.78 is 0. The van der Waals surface area contributed by atoms with Gasteiger partial charge in [0.25, 0.3) is 0 Å². The number of nitrogens with one attached hydrogen (secondary N) is 1. The van der Waals surface area contributed by atoms with Crippen LogP contribution in [0.15, 0.2) is 5.16 Å². The normalized spacial score (nSPS) is 13.2. The maximum Gasteiger partial charge on any atom is 0.223 e. The van der Waals surface area contributed by atoms with Gasteiger partial charge in [0.1, 0.15) is 6.61 Å². The molecule has 21 heavy (non-hydrogen) atoms. The Labute approximate surface area is 130 Å². The molecule has 0 aliphatic carbocycles. The summed E-state index contributed by atoms with van der Waals surface area (Å²) in [4.78, 5) is 16.8. The highest BCUT2D eigenvalue weighted by atomic mass is 16.6. The van der Waals surface area contributed by atoms with E-state index in [1.807, 2.05) is 6.92 Å². The average Bonchev–Trinajstić information content (AvgIpc) is 2.31. The predicted octanol–water partition coefficient (Wildman–Crippen LogP) is 4.15. The fraction of sp³-hybridized carbons (Fsp3) is 0.882. The van der Waals surface area contributed by atoms with E-state index in [2.05, 4.69) is 52.0 Å². The molecule has 0 aromatic rings. The van der Waals surface area contributed by atoms with Gasteiger partial charge in [0.05, 0.1) is 12.1 Å². The van der Waals surface area contributed by atoms with Crippen LogP contribution in [0.4, 0.5) is 0 Å². The van der Waals surface area contributed by atoms with Gasteiger partial charge in [-0.2, -0.15) is 0 Å². The first-order valence-corrected chi connectivity index (χ1v) is 7.96. The van der Waals surface area contributed by atoms with E-state index in [0.717, 1.165) is 25.1 Å². The molecule has 0 rings (SSSR count). The Kier molecular flexibility index (Phi) is 8.60. The maximum atomic E-state index is 11.6. The van der Waals surface area contributed by atoms with Crippen LogP contribution in [0.2, 0.25) is 0 Å². The van der Waals surface area contributed by atoms with Crippen molar-refractivity contribution >= 4 is 11.6 Å². The van der Waals surface area contributed by atoms with Crippen molar-refractivity contribution in [2.45, 2.75) is 74.1 Å². The quantitative estimate of drug-likeness (QED) is 0.416. The molecular formula is C17H34N2O2. The molecule has 0 saturated carbocycles. The number of nitrogens with zero attached hydrogens (tertiary/aromatic N) is 1. The third-order valence-electron chi connectivity index (χ3n) is 3.38. The van der Waals surface area contributed by atoms with E-state index in [9.17, 15) is 4.79 Å². The van der Waals surface area contributed by atoms with Gasteiger partial charge in [0, 0.05) is 12.0 Å². The Morgan fingerprint density at radius 1 is 1.10 bits per heavy atom. The SMILES string of the molecule is C/C(=N\OCCC(=O)NCCCCC(C)(C)C)C(C)(C)C. The third kappa shape index (κ3) is 12.4. The van der Waals surface area contributed by atoms with Crippen molar-refractivity contribution in [3.63, 3.8) is 0 Å². The molecule has 0 aromatic carbocycles. The summed E-state index contributed by atoms with van der Waals surface area (Å²) in [6, 6.07) is 0. The lowest BCUT2D eigenvalue weighted by molar-refractivity contribution is -0.122. The molecule has 0 bridgehead atoms. The van der Waals surface area contributed by atoms with Gasteiger partial charge >= 0.3 is 0 Å². The summed E-state index contributed by atoms with van der Waals surface area (Å²) in [7, 11) is 0. The second-order valence-electron chi connectivity index (χ2n) is 7.88. The Morgan fingerprint density at radius 2 is 1.71 bits per heavy atom. The van der Waals surface area contributed by atoms with Crippen molar-refractivity contribution in [2.75, 3.05) is 13.2 Å². The van der Waals surface area contributed by atoms with Crippen LogP contribution in [0.1, 0.15) is 74.1 Å². The summed E-state index contributed by atoms with van der Waals surface area (Å²) in [6.45, 7) is 16.0. The Bertz CT molecular complexity index is 336. The molecule has 0 heterocycles. The molecule has 0 fully saturated rings. The first kappa shape index (κ1) is 19.9. The van der Waals surface area contributed by atoms with Crippen molar-refractivity contribution in [2.24, 2.45) is 16.0 Å². The van der Waals surface area contributed by atoms with Gasteiger partial charge in [-0.1, -0.05) is 53.1 Å². The molecule has 0 saturated heterocycles. The van der Waals surface area contributed by atoms with Crippen molar-refractivity contribution in [1.82, 2.24) is 5.32 Å². The van der Waals surface area contributed by atoms with Gasteiger partial charge in [0.15, 0.2) is 0 Å². The van der Waals surface area contributed by atoms with E-state index in [4.69, 9.17) is 4.84 Å². The topological polar surface area (TPSA) is 50.7 Å². The zero-order valence-corrected chi connectivity index (χ0v) is 15.0. The number of unbranched alkanes of at least 4 members (excludes halogenated alkanes) is 1. The molecular weight excluding hydrogens is 264 g/mol. The third-order valence-corrected chi connectivity index (χ3v) is 3.38. The molecule has 4 nitrogen and oxygen atoms in total. The highest BCUT2D eigenvalue weighted by Crippen LogP contribution is 2.21. The summed E-state index contributed by atoms with van der Waals surface area (Å²) >= 11 is 0. The van der Waals surface area contributed by atoms with Crippen molar-refractivity contribution in [1.29, 1.82) is 0 Å². The van der Waals surface area contributed by atoms with E-state index in [1.54, 1.807) is 0 Å². The molecule has 0 aliphatic heterocycles. The zero-order chi connectivity index (χ0) is 16.5. The minimum Gasteiger partial charge on any atom is -0.395 e. The first-order chi connectivity index (χ1) is 9.52. The maximum absolute atomic E-state index is 11.6. The van der Waals surface area contributed by atoms with Crippen molar-refractivity contribution in [3.8, 4) is 0 Å². The monoisotopic (exact) mass is 298 g/mol. The number of rotatable bonds is 8. The highest BCUT2D eigenvalue weighted by Gasteiger charge is 2.14. The number of hydrogen-bond acceptors (Lipinski definition) is 3. The molecule has 1 N–H and O–H groups in total. The minimum atomic E-state index is 0.00924. The molecule has 0 aliphatic rings. The van der Waals surface area contributed by atoms with Crippen LogP contribution in [-0.4, -0.2) is 24.8 Å². The number of amides is 1. The van der Waals surface area contributed by atoms with Crippen molar-refractivity contribution < 1.29 is 9.63 Å². The second-order valence-corrected chi connectivity index (χ2v) is 7.88. The number of carbonyl (C=O) groups is 1. The fourth-order valence-electron chi connectivity index (χ4n) is 1.51. The largest absolute Gasteiger partial charge is 0.395 e. The van der Waals surface area contributed by atoms with Crippen LogP contribution >= 0.6 is 0 Å². The van der Waals surface area contributed by atoms with E-state index in [0.29, 0.717) is 18.4 Å².